The molecule has 0 saturated heterocycles. The van der Waals surface area contributed by atoms with Gasteiger partial charge in [0.15, 0.2) is 34.9 Å². The summed E-state index contributed by atoms with van der Waals surface area (Å²) in [6, 6.07) is 0. The van der Waals surface area contributed by atoms with Gasteiger partial charge in [-0.1, -0.05) is 0 Å². The largest absolute Gasteiger partial charge is 0.238 e. The van der Waals surface area contributed by atoms with Crippen molar-refractivity contribution in [1.82, 2.24) is 9.97 Å². The predicted octanol–water partition coefficient (Wildman–Crippen LogP) is 5.14. The lowest BCUT2D eigenvalue weighted by molar-refractivity contribution is 0.492. The number of rotatable bonds is 0. The van der Waals surface area contributed by atoms with Crippen molar-refractivity contribution in [3.8, 4) is 0 Å². The highest BCUT2D eigenvalue weighted by molar-refractivity contribution is 9.10. The van der Waals surface area contributed by atoms with Crippen molar-refractivity contribution >= 4 is 53.9 Å². The van der Waals surface area contributed by atoms with Crippen molar-refractivity contribution in [2.24, 2.45) is 0 Å². The Morgan fingerprint density at radius 1 is 0.455 bits per heavy atom. The van der Waals surface area contributed by atoms with Gasteiger partial charge in [-0.05, 0) is 31.9 Å². The van der Waals surface area contributed by atoms with E-state index < -0.39 is 65.9 Å². The topological polar surface area (TPSA) is 25.8 Å². The third-order valence-electron chi connectivity index (χ3n) is 2.88. The quantitative estimate of drug-likeness (QED) is 0.207. The van der Waals surface area contributed by atoms with Crippen LogP contribution in [0.25, 0.3) is 22.1 Å². The van der Waals surface area contributed by atoms with E-state index in [1.807, 2.05) is 0 Å². The second-order valence-corrected chi connectivity index (χ2v) is 5.72. The Morgan fingerprint density at radius 2 is 0.727 bits per heavy atom. The summed E-state index contributed by atoms with van der Waals surface area (Å²) in [7, 11) is 0. The molecule has 0 unspecified atom stereocenters. The lowest BCUT2D eigenvalue weighted by atomic mass is 10.2. The van der Waals surface area contributed by atoms with Crippen LogP contribution in [-0.2, 0) is 0 Å². The molecule has 0 aliphatic rings. The van der Waals surface area contributed by atoms with E-state index in [2.05, 4.69) is 41.8 Å². The van der Waals surface area contributed by atoms with E-state index in [0.717, 1.165) is 0 Å². The van der Waals surface area contributed by atoms with Gasteiger partial charge in [0, 0.05) is 0 Å². The summed E-state index contributed by atoms with van der Waals surface area (Å²) in [5.41, 5.74) is -3.61. The summed E-state index contributed by atoms with van der Waals surface area (Å²) < 4.78 is 80.6. The smallest absolute Gasteiger partial charge is 0.188 e. The molecule has 1 aromatic heterocycles. The van der Waals surface area contributed by atoms with Gasteiger partial charge in [0.2, 0.25) is 0 Å². The number of hydrogen-bond acceptors (Lipinski definition) is 2. The van der Waals surface area contributed by atoms with Gasteiger partial charge in [0.25, 0.3) is 0 Å². The van der Waals surface area contributed by atoms with Gasteiger partial charge < -0.3 is 0 Å². The predicted molar refractivity (Wildman–Crippen MR) is 72.2 cm³/mol. The van der Waals surface area contributed by atoms with Gasteiger partial charge in [-0.15, -0.1) is 0 Å². The fourth-order valence-corrected chi connectivity index (χ4v) is 2.57. The van der Waals surface area contributed by atoms with Crippen LogP contribution in [0.15, 0.2) is 8.95 Å². The zero-order valence-corrected chi connectivity index (χ0v) is 13.1. The summed E-state index contributed by atoms with van der Waals surface area (Å²) in [6.45, 7) is 0. The lowest BCUT2D eigenvalue weighted by Crippen LogP contribution is -2.03. The van der Waals surface area contributed by atoms with Crippen molar-refractivity contribution < 1.29 is 26.3 Å². The number of benzene rings is 2. The second kappa shape index (κ2) is 5.05. The molecule has 0 aliphatic carbocycles. The Kier molecular flexibility index (Phi) is 3.55. The number of halogens is 8. The number of nitrogens with zero attached hydrogens (tertiary/aromatic N) is 2. The highest BCUT2D eigenvalue weighted by atomic mass is 79.9. The van der Waals surface area contributed by atoms with Crippen molar-refractivity contribution in [3.05, 3.63) is 43.8 Å². The van der Waals surface area contributed by atoms with Crippen LogP contribution >= 0.6 is 31.9 Å². The van der Waals surface area contributed by atoms with Crippen molar-refractivity contribution in [1.29, 1.82) is 0 Å². The van der Waals surface area contributed by atoms with Crippen LogP contribution in [0.4, 0.5) is 26.3 Å². The first-order valence-electron chi connectivity index (χ1n) is 5.41. The van der Waals surface area contributed by atoms with Crippen LogP contribution in [0.1, 0.15) is 0 Å². The number of aromatic nitrogens is 2. The fourth-order valence-electron chi connectivity index (χ4n) is 1.85. The first-order valence-corrected chi connectivity index (χ1v) is 6.99. The molecule has 114 valence electrons. The molecule has 1 heterocycles. The average Bonchev–Trinajstić information content (AvgIpc) is 2.52. The van der Waals surface area contributed by atoms with E-state index in [9.17, 15) is 26.3 Å². The summed E-state index contributed by atoms with van der Waals surface area (Å²) in [6.07, 6.45) is 0. The van der Waals surface area contributed by atoms with E-state index in [0.29, 0.717) is 0 Å². The average molecular weight is 446 g/mol. The highest BCUT2D eigenvalue weighted by Gasteiger charge is 2.26. The van der Waals surface area contributed by atoms with Crippen molar-refractivity contribution in [2.45, 2.75) is 0 Å². The molecule has 0 radical (unpaired) electrons. The Bertz CT molecular complexity index is 823. The molecule has 0 bridgehead atoms. The van der Waals surface area contributed by atoms with E-state index in [-0.39, 0.29) is 0 Å². The zero-order chi connectivity index (χ0) is 16.3. The van der Waals surface area contributed by atoms with Crippen molar-refractivity contribution in [2.75, 3.05) is 0 Å². The normalized spacial score (nSPS) is 11.6. The summed E-state index contributed by atoms with van der Waals surface area (Å²) in [5.74, 6) is -9.13. The Balaban J connectivity index is 2.64. The first kappa shape index (κ1) is 15.5. The maximum absolute atomic E-state index is 13.9. The van der Waals surface area contributed by atoms with Gasteiger partial charge in [-0.3, -0.25) is 0 Å². The summed E-state index contributed by atoms with van der Waals surface area (Å²) in [5, 5.41) is 0. The third-order valence-corrected chi connectivity index (χ3v) is 4.28. The molecule has 2 nitrogen and oxygen atoms in total. The highest BCUT2D eigenvalue weighted by Crippen LogP contribution is 2.34. The van der Waals surface area contributed by atoms with Gasteiger partial charge in [0.1, 0.15) is 22.1 Å². The Morgan fingerprint density at radius 3 is 1.05 bits per heavy atom. The van der Waals surface area contributed by atoms with Crippen LogP contribution in [0.2, 0.25) is 0 Å². The van der Waals surface area contributed by atoms with Crippen LogP contribution in [0, 0.1) is 34.9 Å². The van der Waals surface area contributed by atoms with E-state index >= 15 is 0 Å². The maximum atomic E-state index is 13.9. The molecule has 2 aromatic carbocycles. The van der Waals surface area contributed by atoms with Crippen LogP contribution < -0.4 is 0 Å². The molecule has 0 N–H and O–H groups in total. The van der Waals surface area contributed by atoms with Gasteiger partial charge in [-0.25, -0.2) is 36.3 Å². The van der Waals surface area contributed by atoms with E-state index in [4.69, 9.17) is 0 Å². The Hall–Kier alpha value is -1.42. The summed E-state index contributed by atoms with van der Waals surface area (Å²) >= 11 is 4.93. The SMILES string of the molecule is Fc1c(Br)c(F)c2nc3c(F)c(F)c(Br)c(F)c3nc2c1F. The standard InChI is InChI=1S/C12Br2F6N2/c13-1-3(15)7(19)11-9(5(1)17)21-12-8(20)4(16)2(14)6(18)10(12)22-11. The van der Waals surface area contributed by atoms with E-state index in [1.54, 1.807) is 0 Å². The number of fused-ring (bicyclic) bond motifs is 2. The summed E-state index contributed by atoms with van der Waals surface area (Å²) in [4.78, 5) is 6.70. The lowest BCUT2D eigenvalue weighted by Gasteiger charge is -2.08. The molecular weight excluding hydrogens is 446 g/mol. The van der Waals surface area contributed by atoms with Crippen LogP contribution in [0.5, 0.6) is 0 Å². The molecule has 0 atom stereocenters. The van der Waals surface area contributed by atoms with E-state index in [1.165, 1.54) is 0 Å². The monoisotopic (exact) mass is 444 g/mol. The van der Waals surface area contributed by atoms with Gasteiger partial charge in [0.05, 0.1) is 8.95 Å². The molecule has 0 spiro atoms. The molecule has 0 saturated carbocycles. The molecule has 10 heteroatoms. The maximum Gasteiger partial charge on any atom is 0.188 e. The molecule has 0 amide bonds. The molecule has 0 fully saturated rings. The van der Waals surface area contributed by atoms with Gasteiger partial charge in [-0.2, -0.15) is 0 Å². The minimum absolute atomic E-state index is 0.863. The van der Waals surface area contributed by atoms with Gasteiger partial charge >= 0.3 is 0 Å². The molecule has 22 heavy (non-hydrogen) atoms. The van der Waals surface area contributed by atoms with Crippen molar-refractivity contribution in [3.63, 3.8) is 0 Å². The molecule has 3 rings (SSSR count). The molecule has 0 aliphatic heterocycles. The minimum Gasteiger partial charge on any atom is -0.238 e. The first-order chi connectivity index (χ1) is 10.3. The van der Waals surface area contributed by atoms with Crippen LogP contribution in [0.3, 0.4) is 0 Å². The third kappa shape index (κ3) is 1.93. The van der Waals surface area contributed by atoms with Crippen LogP contribution in [-0.4, -0.2) is 9.97 Å². The Labute approximate surface area is 134 Å². The number of hydrogen-bond donors (Lipinski definition) is 0. The second-order valence-electron chi connectivity index (χ2n) is 4.13. The molecular formula is C12Br2F6N2. The minimum atomic E-state index is -1.60. The fraction of sp³-hybridized carbons (Fsp3) is 0. The zero-order valence-electron chi connectivity index (χ0n) is 9.92. The molecule has 3 aromatic rings.